The van der Waals surface area contributed by atoms with Crippen molar-refractivity contribution in [3.63, 3.8) is 0 Å². The first-order valence-corrected chi connectivity index (χ1v) is 12.3. The summed E-state index contributed by atoms with van der Waals surface area (Å²) in [6, 6.07) is 7.02. The molecule has 2 aromatic heterocycles. The highest BCUT2D eigenvalue weighted by Crippen LogP contribution is 2.45. The Morgan fingerprint density at radius 3 is 2.27 bits per heavy atom. The van der Waals surface area contributed by atoms with Crippen LogP contribution in [0.2, 0.25) is 5.02 Å². The Kier molecular flexibility index (Phi) is 8.31. The fourth-order valence-corrected chi connectivity index (χ4v) is 5.49. The van der Waals surface area contributed by atoms with E-state index in [9.17, 15) is 26.3 Å². The minimum Gasteiger partial charge on any atom is -0.375 e. The lowest BCUT2D eigenvalue weighted by molar-refractivity contribution is -0.112. The zero-order valence-corrected chi connectivity index (χ0v) is 19.2. The van der Waals surface area contributed by atoms with E-state index in [1.807, 2.05) is 0 Å². The van der Waals surface area contributed by atoms with E-state index >= 15 is 0 Å². The predicted octanol–water partition coefficient (Wildman–Crippen LogP) is 5.79. The minimum absolute atomic E-state index is 0.0134. The number of nitrogens with two attached hydrogens (primary N) is 1. The maximum atomic E-state index is 12.6. The molecular weight excluding hydrogens is 515 g/mol. The van der Waals surface area contributed by atoms with Crippen LogP contribution in [0.15, 0.2) is 40.5 Å². The summed E-state index contributed by atoms with van der Waals surface area (Å²) in [6.07, 6.45) is -11.6. The third-order valence-electron chi connectivity index (χ3n) is 4.03. The van der Waals surface area contributed by atoms with Crippen molar-refractivity contribution < 1.29 is 31.1 Å². The van der Waals surface area contributed by atoms with E-state index in [4.69, 9.17) is 22.1 Å². The van der Waals surface area contributed by atoms with Gasteiger partial charge in [0.05, 0.1) is 31.6 Å². The predicted molar refractivity (Wildman–Crippen MR) is 115 cm³/mol. The van der Waals surface area contributed by atoms with Crippen molar-refractivity contribution in [1.29, 1.82) is 0 Å². The molecule has 3 rings (SSSR count). The fourth-order valence-electron chi connectivity index (χ4n) is 2.79. The van der Waals surface area contributed by atoms with Crippen LogP contribution < -0.4 is 5.73 Å². The summed E-state index contributed by atoms with van der Waals surface area (Å²) in [5.41, 5.74) is 6.62. The summed E-state index contributed by atoms with van der Waals surface area (Å²) in [6.45, 7) is -0.0111. The summed E-state index contributed by atoms with van der Waals surface area (Å²) >= 11 is 7.18. The molecular formula is C18H17ClF6N5OPS. The SMILES string of the molecule is Nc1nc(Sc2ccc(Cl)cc2)c2ncn(CCOCP(CC(F)(F)F)CC(F)(F)F)c2n1. The van der Waals surface area contributed by atoms with Gasteiger partial charge in [0, 0.05) is 16.5 Å². The van der Waals surface area contributed by atoms with Crippen LogP contribution in [0.1, 0.15) is 0 Å². The average Bonchev–Trinajstić information content (AvgIpc) is 3.07. The highest BCUT2D eigenvalue weighted by atomic mass is 35.5. The van der Waals surface area contributed by atoms with E-state index in [1.54, 1.807) is 28.8 Å². The number of benzene rings is 1. The van der Waals surface area contributed by atoms with Crippen LogP contribution in [0, 0.1) is 0 Å². The first-order valence-electron chi connectivity index (χ1n) is 9.25. The van der Waals surface area contributed by atoms with Gasteiger partial charge in [-0.2, -0.15) is 31.3 Å². The summed E-state index contributed by atoms with van der Waals surface area (Å²) in [5.74, 6) is -0.0134. The lowest BCUT2D eigenvalue weighted by Crippen LogP contribution is -2.22. The molecule has 33 heavy (non-hydrogen) atoms. The van der Waals surface area contributed by atoms with Crippen LogP contribution in [-0.2, 0) is 11.3 Å². The quantitative estimate of drug-likeness (QED) is 0.163. The van der Waals surface area contributed by atoms with Crippen LogP contribution in [0.25, 0.3) is 11.2 Å². The molecule has 0 spiro atoms. The molecule has 2 N–H and O–H groups in total. The molecule has 3 aromatic rings. The van der Waals surface area contributed by atoms with Gasteiger partial charge in [0.2, 0.25) is 5.95 Å². The maximum absolute atomic E-state index is 12.6. The first kappa shape index (κ1) is 25.8. The number of alkyl halides is 6. The zero-order chi connectivity index (χ0) is 24.2. The number of anilines is 1. The highest BCUT2D eigenvalue weighted by molar-refractivity contribution is 7.99. The van der Waals surface area contributed by atoms with Gasteiger partial charge >= 0.3 is 12.4 Å². The van der Waals surface area contributed by atoms with Crippen LogP contribution in [-0.4, -0.2) is 57.2 Å². The molecule has 0 radical (unpaired) electrons. The van der Waals surface area contributed by atoms with E-state index in [2.05, 4.69) is 15.0 Å². The van der Waals surface area contributed by atoms with Crippen LogP contribution >= 0.6 is 31.3 Å². The zero-order valence-electron chi connectivity index (χ0n) is 16.7. The summed E-state index contributed by atoms with van der Waals surface area (Å²) in [4.78, 5) is 13.4. The second-order valence-corrected chi connectivity index (χ2v) is 10.5. The Labute approximate surface area is 194 Å². The Morgan fingerprint density at radius 1 is 1.03 bits per heavy atom. The third kappa shape index (κ3) is 8.16. The molecule has 1 aromatic carbocycles. The molecule has 0 aliphatic rings. The average molecular weight is 532 g/mol. The maximum Gasteiger partial charge on any atom is 0.392 e. The van der Waals surface area contributed by atoms with Gasteiger partial charge in [-0.25, -0.2) is 9.97 Å². The number of hydrogen-bond donors (Lipinski definition) is 1. The Hall–Kier alpha value is -1.82. The second-order valence-electron chi connectivity index (χ2n) is 6.81. The summed E-state index contributed by atoms with van der Waals surface area (Å²) in [7, 11) is -2.44. The second kappa shape index (κ2) is 10.6. The van der Waals surface area contributed by atoms with Crippen molar-refractivity contribution in [2.45, 2.75) is 28.8 Å². The van der Waals surface area contributed by atoms with E-state index in [0.29, 0.717) is 21.2 Å². The van der Waals surface area contributed by atoms with Crippen LogP contribution in [0.5, 0.6) is 0 Å². The molecule has 0 unspecified atom stereocenters. The molecule has 6 nitrogen and oxygen atoms in total. The highest BCUT2D eigenvalue weighted by Gasteiger charge is 2.38. The van der Waals surface area contributed by atoms with E-state index in [1.165, 1.54) is 18.1 Å². The molecule has 0 atom stereocenters. The van der Waals surface area contributed by atoms with Gasteiger partial charge in [-0.05, 0) is 24.3 Å². The van der Waals surface area contributed by atoms with Crippen molar-refractivity contribution >= 4 is 48.4 Å². The van der Waals surface area contributed by atoms with Gasteiger partial charge in [-0.3, -0.25) is 0 Å². The molecule has 0 bridgehead atoms. The number of imidazole rings is 1. The molecule has 0 saturated carbocycles. The molecule has 15 heteroatoms. The first-order chi connectivity index (χ1) is 15.4. The molecule has 0 saturated heterocycles. The number of halogens is 7. The van der Waals surface area contributed by atoms with E-state index in [-0.39, 0.29) is 19.1 Å². The lowest BCUT2D eigenvalue weighted by Gasteiger charge is -2.20. The standard InChI is InChI=1S/C18H17ClF6N5OPS/c19-11-1-3-12(4-2-11)33-15-13-14(28-16(26)29-15)30(9-27-13)5-6-31-10-32(7-17(20,21)22)8-18(23,24)25/h1-4,9H,5-8,10H2,(H2,26,28,29). The minimum atomic E-state index is -4.69. The van der Waals surface area contributed by atoms with Crippen molar-refractivity contribution in [2.75, 3.05) is 31.0 Å². The smallest absolute Gasteiger partial charge is 0.375 e. The molecule has 0 fully saturated rings. The van der Waals surface area contributed by atoms with Crippen molar-refractivity contribution in [3.8, 4) is 0 Å². The number of nitrogens with zero attached hydrogens (tertiary/aromatic N) is 4. The van der Waals surface area contributed by atoms with Crippen molar-refractivity contribution in [3.05, 3.63) is 35.6 Å². The Balaban J connectivity index is 1.66. The Bertz CT molecular complexity index is 1060. The number of hydrogen-bond acceptors (Lipinski definition) is 6. The number of aromatic nitrogens is 4. The van der Waals surface area contributed by atoms with Gasteiger partial charge in [0.25, 0.3) is 0 Å². The van der Waals surface area contributed by atoms with Gasteiger partial charge in [-0.1, -0.05) is 31.3 Å². The number of nitrogen functional groups attached to an aromatic ring is 1. The monoisotopic (exact) mass is 531 g/mol. The van der Waals surface area contributed by atoms with Crippen molar-refractivity contribution in [2.24, 2.45) is 0 Å². The van der Waals surface area contributed by atoms with Gasteiger partial charge in [0.1, 0.15) is 10.5 Å². The molecule has 0 amide bonds. The lowest BCUT2D eigenvalue weighted by atomic mass is 10.4. The summed E-state index contributed by atoms with van der Waals surface area (Å²) in [5, 5.41) is 1.06. The van der Waals surface area contributed by atoms with Gasteiger partial charge in [0.15, 0.2) is 5.65 Å². The van der Waals surface area contributed by atoms with E-state index in [0.717, 1.165) is 4.90 Å². The van der Waals surface area contributed by atoms with E-state index < -0.39 is 38.9 Å². The summed E-state index contributed by atoms with van der Waals surface area (Å²) < 4.78 is 82.2. The number of fused-ring (bicyclic) bond motifs is 1. The van der Waals surface area contributed by atoms with Crippen molar-refractivity contribution in [1.82, 2.24) is 19.5 Å². The van der Waals surface area contributed by atoms with Crippen LogP contribution in [0.3, 0.4) is 0 Å². The molecule has 2 heterocycles. The third-order valence-corrected chi connectivity index (χ3v) is 7.43. The normalized spacial score (nSPS) is 12.7. The van der Waals surface area contributed by atoms with Crippen LogP contribution in [0.4, 0.5) is 32.3 Å². The number of rotatable bonds is 9. The van der Waals surface area contributed by atoms with Gasteiger partial charge in [-0.15, -0.1) is 0 Å². The van der Waals surface area contributed by atoms with Gasteiger partial charge < -0.3 is 15.0 Å². The molecule has 0 aliphatic carbocycles. The largest absolute Gasteiger partial charge is 0.392 e. The topological polar surface area (TPSA) is 78.8 Å². The molecule has 180 valence electrons. The number of ether oxygens (including phenoxy) is 1. The fraction of sp³-hybridized carbons (Fsp3) is 0.389. The molecule has 0 aliphatic heterocycles. The Morgan fingerprint density at radius 2 is 1.67 bits per heavy atom.